The van der Waals surface area contributed by atoms with Crippen LogP contribution in [0, 0.1) is 0 Å². The Morgan fingerprint density at radius 2 is 2.06 bits per heavy atom. The summed E-state index contributed by atoms with van der Waals surface area (Å²) in [6.07, 6.45) is -4.25. The van der Waals surface area contributed by atoms with Gasteiger partial charge in [-0.1, -0.05) is 18.5 Å². The maximum absolute atomic E-state index is 12.3. The molecule has 0 aliphatic heterocycles. The van der Waals surface area contributed by atoms with Crippen molar-refractivity contribution in [2.24, 2.45) is 0 Å². The lowest BCUT2D eigenvalue weighted by Gasteiger charge is -2.20. The van der Waals surface area contributed by atoms with Crippen LogP contribution in [0.25, 0.3) is 0 Å². The van der Waals surface area contributed by atoms with Crippen LogP contribution in [0.3, 0.4) is 0 Å². The van der Waals surface area contributed by atoms with E-state index in [4.69, 9.17) is 11.6 Å². The van der Waals surface area contributed by atoms with Crippen molar-refractivity contribution in [1.82, 2.24) is 10.3 Å². The second-order valence-corrected chi connectivity index (χ2v) is 4.26. The number of hydrogen-bond acceptors (Lipinski definition) is 3. The highest BCUT2D eigenvalue weighted by molar-refractivity contribution is 6.31. The molecule has 7 heteroatoms. The molecule has 1 N–H and O–H groups in total. The van der Waals surface area contributed by atoms with Gasteiger partial charge in [-0.05, 0) is 18.7 Å². The molecule has 3 nitrogen and oxygen atoms in total. The average molecular weight is 282 g/mol. The van der Waals surface area contributed by atoms with E-state index in [0.717, 1.165) is 11.4 Å². The van der Waals surface area contributed by atoms with E-state index in [-0.39, 0.29) is 5.82 Å². The van der Waals surface area contributed by atoms with Crippen molar-refractivity contribution in [2.75, 3.05) is 25.0 Å². The topological polar surface area (TPSA) is 28.2 Å². The third-order valence-electron chi connectivity index (χ3n) is 2.25. The SMILES string of the molecule is CCNCc1nc(N(C)CC(F)(F)F)ccc1Cl. The number of nitrogens with one attached hydrogen (secondary N) is 1. The molecule has 102 valence electrons. The zero-order chi connectivity index (χ0) is 13.8. The molecule has 1 heterocycles. The predicted octanol–water partition coefficient (Wildman–Crippen LogP) is 2.84. The van der Waals surface area contributed by atoms with Gasteiger partial charge in [0.25, 0.3) is 0 Å². The lowest BCUT2D eigenvalue weighted by molar-refractivity contribution is -0.119. The monoisotopic (exact) mass is 281 g/mol. The van der Waals surface area contributed by atoms with Gasteiger partial charge in [0.2, 0.25) is 0 Å². The Morgan fingerprint density at radius 1 is 1.39 bits per heavy atom. The van der Waals surface area contributed by atoms with Crippen molar-refractivity contribution in [2.45, 2.75) is 19.6 Å². The quantitative estimate of drug-likeness (QED) is 0.899. The summed E-state index contributed by atoms with van der Waals surface area (Å²) in [5, 5.41) is 3.48. The molecule has 0 bridgehead atoms. The molecule has 0 spiro atoms. The first-order valence-electron chi connectivity index (χ1n) is 5.47. The summed E-state index contributed by atoms with van der Waals surface area (Å²) in [5.41, 5.74) is 0.546. The fourth-order valence-electron chi connectivity index (χ4n) is 1.40. The molecule has 1 aromatic heterocycles. The van der Waals surface area contributed by atoms with E-state index in [1.54, 1.807) is 6.07 Å². The van der Waals surface area contributed by atoms with Crippen LogP contribution in [0.15, 0.2) is 12.1 Å². The minimum atomic E-state index is -4.25. The molecule has 0 saturated carbocycles. The number of anilines is 1. The summed E-state index contributed by atoms with van der Waals surface area (Å²) in [6, 6.07) is 3.03. The molecule has 18 heavy (non-hydrogen) atoms. The first-order valence-corrected chi connectivity index (χ1v) is 5.85. The number of alkyl halides is 3. The van der Waals surface area contributed by atoms with Crippen LogP contribution in [0.2, 0.25) is 5.02 Å². The Labute approximate surface area is 109 Å². The van der Waals surface area contributed by atoms with Crippen molar-refractivity contribution < 1.29 is 13.2 Å². The smallest absolute Gasteiger partial charge is 0.351 e. The van der Waals surface area contributed by atoms with Gasteiger partial charge in [-0.15, -0.1) is 0 Å². The molecule has 1 rings (SSSR count). The van der Waals surface area contributed by atoms with Crippen molar-refractivity contribution in [1.29, 1.82) is 0 Å². The van der Waals surface area contributed by atoms with Gasteiger partial charge in [0.05, 0.1) is 10.7 Å². The normalized spacial score (nSPS) is 11.7. The maximum atomic E-state index is 12.3. The van der Waals surface area contributed by atoms with Gasteiger partial charge in [0.1, 0.15) is 12.4 Å². The molecule has 0 unspecified atom stereocenters. The van der Waals surface area contributed by atoms with E-state index in [1.165, 1.54) is 13.1 Å². The van der Waals surface area contributed by atoms with Gasteiger partial charge in [0, 0.05) is 13.6 Å². The summed E-state index contributed by atoms with van der Waals surface area (Å²) in [5.74, 6) is 0.254. The molecular formula is C11H15ClF3N3. The lowest BCUT2D eigenvalue weighted by Crippen LogP contribution is -2.31. The highest BCUT2D eigenvalue weighted by Gasteiger charge is 2.29. The summed E-state index contributed by atoms with van der Waals surface area (Å²) in [6.45, 7) is 2.06. The molecule has 0 radical (unpaired) electrons. The Kier molecular flexibility index (Phi) is 5.22. The second-order valence-electron chi connectivity index (χ2n) is 3.85. The Morgan fingerprint density at radius 3 is 2.61 bits per heavy atom. The minimum Gasteiger partial charge on any atom is -0.351 e. The van der Waals surface area contributed by atoms with Gasteiger partial charge >= 0.3 is 6.18 Å². The largest absolute Gasteiger partial charge is 0.405 e. The summed E-state index contributed by atoms with van der Waals surface area (Å²) in [7, 11) is 1.35. The third-order valence-corrected chi connectivity index (χ3v) is 2.60. The lowest BCUT2D eigenvalue weighted by atomic mass is 10.3. The minimum absolute atomic E-state index is 0.254. The zero-order valence-electron chi connectivity index (χ0n) is 10.2. The predicted molar refractivity (Wildman–Crippen MR) is 66.0 cm³/mol. The number of hydrogen-bond donors (Lipinski definition) is 1. The van der Waals surface area contributed by atoms with Gasteiger partial charge in [0.15, 0.2) is 0 Å². The Balaban J connectivity index is 2.83. The van der Waals surface area contributed by atoms with Crippen molar-refractivity contribution in [3.8, 4) is 0 Å². The third kappa shape index (κ3) is 4.70. The molecule has 0 saturated heterocycles. The molecule has 0 amide bonds. The van der Waals surface area contributed by atoms with E-state index in [2.05, 4.69) is 10.3 Å². The van der Waals surface area contributed by atoms with Gasteiger partial charge in [-0.25, -0.2) is 4.98 Å². The number of rotatable bonds is 5. The molecule has 0 aromatic carbocycles. The van der Waals surface area contributed by atoms with E-state index in [0.29, 0.717) is 17.3 Å². The van der Waals surface area contributed by atoms with Gasteiger partial charge < -0.3 is 10.2 Å². The van der Waals surface area contributed by atoms with Crippen LogP contribution in [0.5, 0.6) is 0 Å². The van der Waals surface area contributed by atoms with E-state index >= 15 is 0 Å². The van der Waals surface area contributed by atoms with Gasteiger partial charge in [-0.2, -0.15) is 13.2 Å². The maximum Gasteiger partial charge on any atom is 0.405 e. The highest BCUT2D eigenvalue weighted by atomic mass is 35.5. The first kappa shape index (κ1) is 15.0. The van der Waals surface area contributed by atoms with Crippen molar-refractivity contribution >= 4 is 17.4 Å². The van der Waals surface area contributed by atoms with E-state index < -0.39 is 12.7 Å². The molecule has 0 aliphatic rings. The molecule has 0 aliphatic carbocycles. The number of aromatic nitrogens is 1. The van der Waals surface area contributed by atoms with Gasteiger partial charge in [-0.3, -0.25) is 0 Å². The second kappa shape index (κ2) is 6.24. The van der Waals surface area contributed by atoms with Crippen LogP contribution >= 0.6 is 11.6 Å². The fourth-order valence-corrected chi connectivity index (χ4v) is 1.57. The van der Waals surface area contributed by atoms with Crippen LogP contribution in [-0.4, -0.2) is 31.3 Å². The Hall–Kier alpha value is -1.01. The van der Waals surface area contributed by atoms with Crippen LogP contribution in [-0.2, 0) is 6.54 Å². The Bertz CT molecular complexity index is 396. The number of halogens is 4. The molecule has 0 atom stereocenters. The standard InChI is InChI=1S/C11H15ClF3N3/c1-3-16-6-9-8(12)4-5-10(17-9)18(2)7-11(13,14)15/h4-5,16H,3,6-7H2,1-2H3. The zero-order valence-corrected chi connectivity index (χ0v) is 10.9. The van der Waals surface area contributed by atoms with E-state index in [9.17, 15) is 13.2 Å². The summed E-state index contributed by atoms with van der Waals surface area (Å²) < 4.78 is 36.8. The number of nitrogens with zero attached hydrogens (tertiary/aromatic N) is 2. The fraction of sp³-hybridized carbons (Fsp3) is 0.545. The first-order chi connectivity index (χ1) is 8.33. The van der Waals surface area contributed by atoms with Crippen LogP contribution < -0.4 is 10.2 Å². The van der Waals surface area contributed by atoms with Crippen LogP contribution in [0.4, 0.5) is 19.0 Å². The summed E-state index contributed by atoms with van der Waals surface area (Å²) >= 11 is 5.93. The highest BCUT2D eigenvalue weighted by Crippen LogP contribution is 2.22. The van der Waals surface area contributed by atoms with Crippen molar-refractivity contribution in [3.63, 3.8) is 0 Å². The van der Waals surface area contributed by atoms with E-state index in [1.807, 2.05) is 6.92 Å². The summed E-state index contributed by atoms with van der Waals surface area (Å²) in [4.78, 5) is 5.17. The molecular weight excluding hydrogens is 267 g/mol. The average Bonchev–Trinajstić information content (AvgIpc) is 2.25. The number of pyridine rings is 1. The molecule has 1 aromatic rings. The van der Waals surface area contributed by atoms with Crippen LogP contribution in [0.1, 0.15) is 12.6 Å². The van der Waals surface area contributed by atoms with Crippen molar-refractivity contribution in [3.05, 3.63) is 22.8 Å². The molecule has 0 fully saturated rings.